The summed E-state index contributed by atoms with van der Waals surface area (Å²) in [6.45, 7) is 8.92. The fraction of sp³-hybridized carbons (Fsp3) is 0.588. The average Bonchev–Trinajstić information content (AvgIpc) is 2.44. The number of nitrogens with one attached hydrogen (secondary N) is 1. The number of methoxy groups -OCH3 is 1. The Morgan fingerprint density at radius 2 is 2.09 bits per heavy atom. The zero-order valence-electron chi connectivity index (χ0n) is 13.9. The van der Waals surface area contributed by atoms with E-state index in [0.717, 1.165) is 31.8 Å². The molecule has 0 saturated heterocycles. The van der Waals surface area contributed by atoms with Crippen LogP contribution in [0.2, 0.25) is 0 Å². The summed E-state index contributed by atoms with van der Waals surface area (Å²) in [5.41, 5.74) is 2.24. The number of hydrogen-bond acceptors (Lipinski definition) is 4. The van der Waals surface area contributed by atoms with Crippen molar-refractivity contribution in [1.82, 2.24) is 10.2 Å². The molecular weight excluding hydrogens is 280 g/mol. The highest BCUT2D eigenvalue weighted by atomic mass is 16.6. The van der Waals surface area contributed by atoms with Crippen LogP contribution in [0.15, 0.2) is 18.2 Å². The number of rotatable bonds is 4. The maximum Gasteiger partial charge on any atom is 0.407 e. The van der Waals surface area contributed by atoms with Crippen LogP contribution in [0.25, 0.3) is 0 Å². The van der Waals surface area contributed by atoms with Gasteiger partial charge in [0, 0.05) is 26.2 Å². The van der Waals surface area contributed by atoms with E-state index in [1.807, 2.05) is 26.8 Å². The fourth-order valence-corrected chi connectivity index (χ4v) is 2.54. The third-order valence-electron chi connectivity index (χ3n) is 3.60. The van der Waals surface area contributed by atoms with E-state index in [9.17, 15) is 4.79 Å². The Morgan fingerprint density at radius 1 is 1.32 bits per heavy atom. The third-order valence-corrected chi connectivity index (χ3v) is 3.60. The Morgan fingerprint density at radius 3 is 2.77 bits per heavy atom. The van der Waals surface area contributed by atoms with E-state index in [2.05, 4.69) is 22.3 Å². The topological polar surface area (TPSA) is 50.8 Å². The smallest absolute Gasteiger partial charge is 0.407 e. The minimum absolute atomic E-state index is 0.352. The molecule has 1 heterocycles. The van der Waals surface area contributed by atoms with Crippen molar-refractivity contribution in [2.45, 2.75) is 39.3 Å². The summed E-state index contributed by atoms with van der Waals surface area (Å²) >= 11 is 0. The van der Waals surface area contributed by atoms with Crippen LogP contribution in [0, 0.1) is 0 Å². The molecule has 0 atom stereocenters. The molecular formula is C17H26N2O3. The Balaban J connectivity index is 1.78. The van der Waals surface area contributed by atoms with Gasteiger partial charge in [0.25, 0.3) is 0 Å². The van der Waals surface area contributed by atoms with Crippen LogP contribution in [-0.2, 0) is 17.7 Å². The summed E-state index contributed by atoms with van der Waals surface area (Å²) in [4.78, 5) is 13.9. The zero-order chi connectivity index (χ0) is 16.2. The molecule has 0 saturated carbocycles. The van der Waals surface area contributed by atoms with Crippen LogP contribution in [0.1, 0.15) is 31.9 Å². The number of fused-ring (bicyclic) bond motifs is 1. The molecule has 0 aliphatic carbocycles. The Labute approximate surface area is 132 Å². The first-order valence-corrected chi connectivity index (χ1v) is 7.72. The van der Waals surface area contributed by atoms with E-state index in [1.54, 1.807) is 7.11 Å². The number of benzene rings is 1. The highest BCUT2D eigenvalue weighted by Gasteiger charge is 2.18. The minimum Gasteiger partial charge on any atom is -0.497 e. The summed E-state index contributed by atoms with van der Waals surface area (Å²) in [6, 6.07) is 6.24. The van der Waals surface area contributed by atoms with Gasteiger partial charge in [-0.05, 0) is 50.5 Å². The van der Waals surface area contributed by atoms with Crippen LogP contribution in [0.4, 0.5) is 4.79 Å². The Hall–Kier alpha value is -1.75. The van der Waals surface area contributed by atoms with Gasteiger partial charge in [-0.3, -0.25) is 4.90 Å². The normalized spacial score (nSPS) is 15.1. The summed E-state index contributed by atoms with van der Waals surface area (Å²) < 4.78 is 10.5. The number of alkyl carbamates (subject to hydrolysis) is 1. The minimum atomic E-state index is -0.451. The van der Waals surface area contributed by atoms with Crippen LogP contribution in [0.3, 0.4) is 0 Å². The molecule has 122 valence electrons. The van der Waals surface area contributed by atoms with Gasteiger partial charge in [-0.1, -0.05) is 6.07 Å². The second-order valence-electron chi connectivity index (χ2n) is 6.59. The highest BCUT2D eigenvalue weighted by molar-refractivity contribution is 5.67. The molecule has 0 aromatic heterocycles. The summed E-state index contributed by atoms with van der Waals surface area (Å²) in [7, 11) is 1.69. The molecule has 1 aromatic rings. The first kappa shape index (κ1) is 16.6. The molecule has 1 aliphatic heterocycles. The van der Waals surface area contributed by atoms with Crippen molar-refractivity contribution < 1.29 is 14.3 Å². The van der Waals surface area contributed by atoms with Gasteiger partial charge in [0.2, 0.25) is 0 Å². The van der Waals surface area contributed by atoms with Gasteiger partial charge in [-0.2, -0.15) is 0 Å². The van der Waals surface area contributed by atoms with Gasteiger partial charge in [0.05, 0.1) is 7.11 Å². The number of hydrogen-bond donors (Lipinski definition) is 1. The second kappa shape index (κ2) is 7.01. The predicted molar refractivity (Wildman–Crippen MR) is 86.2 cm³/mol. The number of amides is 1. The molecule has 1 aromatic carbocycles. The molecule has 2 rings (SSSR count). The highest BCUT2D eigenvalue weighted by Crippen LogP contribution is 2.23. The van der Waals surface area contributed by atoms with Gasteiger partial charge in [0.1, 0.15) is 11.4 Å². The monoisotopic (exact) mass is 306 g/mol. The van der Waals surface area contributed by atoms with Crippen molar-refractivity contribution in [2.75, 3.05) is 26.7 Å². The summed E-state index contributed by atoms with van der Waals surface area (Å²) in [5.74, 6) is 0.916. The quantitative estimate of drug-likeness (QED) is 0.929. The molecule has 22 heavy (non-hydrogen) atoms. The molecule has 0 spiro atoms. The average molecular weight is 306 g/mol. The van der Waals surface area contributed by atoms with E-state index in [-0.39, 0.29) is 6.09 Å². The lowest BCUT2D eigenvalue weighted by molar-refractivity contribution is 0.0521. The number of carbonyl (C=O) groups is 1. The van der Waals surface area contributed by atoms with Crippen LogP contribution >= 0.6 is 0 Å². The van der Waals surface area contributed by atoms with Crippen LogP contribution in [-0.4, -0.2) is 43.3 Å². The van der Waals surface area contributed by atoms with Gasteiger partial charge >= 0.3 is 6.09 Å². The molecule has 1 amide bonds. The van der Waals surface area contributed by atoms with Crippen molar-refractivity contribution in [2.24, 2.45) is 0 Å². The van der Waals surface area contributed by atoms with Crippen LogP contribution in [0.5, 0.6) is 5.75 Å². The lowest BCUT2D eigenvalue weighted by Gasteiger charge is -2.29. The number of carbonyl (C=O) groups excluding carboxylic acids is 1. The van der Waals surface area contributed by atoms with Gasteiger partial charge < -0.3 is 14.8 Å². The SMILES string of the molecule is COc1ccc2c(c1)CCN(CCNC(=O)OC(C)(C)C)C2. The first-order valence-electron chi connectivity index (χ1n) is 7.72. The summed E-state index contributed by atoms with van der Waals surface area (Å²) in [5, 5.41) is 2.81. The van der Waals surface area contributed by atoms with Crippen molar-refractivity contribution in [3.8, 4) is 5.75 Å². The largest absolute Gasteiger partial charge is 0.497 e. The molecule has 0 fully saturated rings. The van der Waals surface area contributed by atoms with E-state index >= 15 is 0 Å². The molecule has 1 aliphatic rings. The Kier molecular flexibility index (Phi) is 5.29. The third kappa shape index (κ3) is 4.91. The predicted octanol–water partition coefficient (Wildman–Crippen LogP) is 2.58. The van der Waals surface area contributed by atoms with Crippen molar-refractivity contribution >= 4 is 6.09 Å². The number of nitrogens with zero attached hydrogens (tertiary/aromatic N) is 1. The van der Waals surface area contributed by atoms with Crippen molar-refractivity contribution in [3.05, 3.63) is 29.3 Å². The zero-order valence-corrected chi connectivity index (χ0v) is 13.9. The second-order valence-corrected chi connectivity index (χ2v) is 6.59. The first-order chi connectivity index (χ1) is 10.4. The van der Waals surface area contributed by atoms with E-state index in [1.165, 1.54) is 11.1 Å². The standard InChI is InChI=1S/C17H26N2O3/c1-17(2,3)22-16(20)18-8-10-19-9-7-13-11-15(21-4)6-5-14(13)12-19/h5-6,11H,7-10,12H2,1-4H3,(H,18,20). The lowest BCUT2D eigenvalue weighted by Crippen LogP contribution is -2.39. The van der Waals surface area contributed by atoms with E-state index in [4.69, 9.17) is 9.47 Å². The van der Waals surface area contributed by atoms with Gasteiger partial charge in [0.15, 0.2) is 0 Å². The van der Waals surface area contributed by atoms with Crippen molar-refractivity contribution in [3.63, 3.8) is 0 Å². The molecule has 0 radical (unpaired) electrons. The van der Waals surface area contributed by atoms with E-state index < -0.39 is 5.60 Å². The fourth-order valence-electron chi connectivity index (χ4n) is 2.54. The molecule has 5 heteroatoms. The lowest BCUT2D eigenvalue weighted by atomic mass is 9.99. The maximum atomic E-state index is 11.6. The van der Waals surface area contributed by atoms with Crippen LogP contribution < -0.4 is 10.1 Å². The number of ether oxygens (including phenoxy) is 2. The van der Waals surface area contributed by atoms with E-state index in [0.29, 0.717) is 6.54 Å². The molecule has 1 N–H and O–H groups in total. The van der Waals surface area contributed by atoms with Crippen molar-refractivity contribution in [1.29, 1.82) is 0 Å². The molecule has 5 nitrogen and oxygen atoms in total. The maximum absolute atomic E-state index is 11.6. The van der Waals surface area contributed by atoms with Gasteiger partial charge in [-0.15, -0.1) is 0 Å². The Bertz CT molecular complexity index is 523. The van der Waals surface area contributed by atoms with Gasteiger partial charge in [-0.25, -0.2) is 4.79 Å². The summed E-state index contributed by atoms with van der Waals surface area (Å²) in [6.07, 6.45) is 0.661. The molecule has 0 bridgehead atoms. The molecule has 0 unspecified atom stereocenters.